The van der Waals surface area contributed by atoms with Crippen molar-refractivity contribution in [3.63, 3.8) is 0 Å². The number of anilines is 1. The van der Waals surface area contributed by atoms with Gasteiger partial charge in [-0.25, -0.2) is 14.8 Å². The number of carboxylic acids is 1. The van der Waals surface area contributed by atoms with Crippen LogP contribution < -0.4 is 5.32 Å². The van der Waals surface area contributed by atoms with Gasteiger partial charge in [-0.3, -0.25) is 4.79 Å². The second-order valence-corrected chi connectivity index (χ2v) is 7.03. The average molecular weight is 464 g/mol. The number of carboxylic acid groups (broad SMARTS) is 1. The number of nitrogens with zero attached hydrogens (tertiary/aromatic N) is 3. The molecule has 1 amide bonds. The third-order valence-electron chi connectivity index (χ3n) is 4.81. The molecular weight excluding hydrogens is 437 g/mol. The van der Waals surface area contributed by atoms with Crippen molar-refractivity contribution in [1.29, 1.82) is 0 Å². The van der Waals surface area contributed by atoms with Gasteiger partial charge in [-0.05, 0) is 18.9 Å². The molecule has 2 aliphatic heterocycles. The quantitative estimate of drug-likeness (QED) is 0.603. The zero-order valence-corrected chi connectivity index (χ0v) is 17.6. The molecule has 2 saturated heterocycles. The molecule has 0 aliphatic carbocycles. The summed E-state index contributed by atoms with van der Waals surface area (Å²) in [6, 6.07) is 1.57. The highest BCUT2D eigenvalue weighted by atomic mass is 19.4. The second kappa shape index (κ2) is 12.5. The molecule has 1 aromatic rings. The molecular formula is C19H27F3N4O6. The first-order valence-corrected chi connectivity index (χ1v) is 10.1. The number of methoxy groups -OCH3 is 1. The molecule has 2 fully saturated rings. The van der Waals surface area contributed by atoms with Crippen LogP contribution in [-0.2, 0) is 23.8 Å². The zero-order valence-electron chi connectivity index (χ0n) is 17.6. The summed E-state index contributed by atoms with van der Waals surface area (Å²) in [5, 5.41) is 10.3. The van der Waals surface area contributed by atoms with Crippen LogP contribution in [-0.4, -0.2) is 91.3 Å². The Bertz CT molecular complexity index is 746. The van der Waals surface area contributed by atoms with Crippen molar-refractivity contribution in [2.45, 2.75) is 25.1 Å². The number of morpholine rings is 1. The Morgan fingerprint density at radius 2 is 1.97 bits per heavy atom. The fraction of sp³-hybridized carbons (Fsp3) is 0.684. The molecule has 2 N–H and O–H groups in total. The molecule has 3 rings (SSSR count). The lowest BCUT2D eigenvalue weighted by molar-refractivity contribution is -0.192. The fourth-order valence-electron chi connectivity index (χ4n) is 3.17. The van der Waals surface area contributed by atoms with Crippen molar-refractivity contribution >= 4 is 17.7 Å². The van der Waals surface area contributed by atoms with Crippen molar-refractivity contribution in [3.05, 3.63) is 18.1 Å². The van der Waals surface area contributed by atoms with E-state index in [0.29, 0.717) is 51.9 Å². The molecule has 180 valence electrons. The number of aliphatic carboxylic acids is 1. The van der Waals surface area contributed by atoms with E-state index in [1.807, 2.05) is 11.0 Å². The number of rotatable bonds is 6. The first-order chi connectivity index (χ1) is 15.2. The molecule has 1 unspecified atom stereocenters. The lowest BCUT2D eigenvalue weighted by Gasteiger charge is -2.37. The van der Waals surface area contributed by atoms with Crippen LogP contribution in [0.2, 0.25) is 0 Å². The van der Waals surface area contributed by atoms with Gasteiger partial charge in [0.05, 0.1) is 19.8 Å². The topological polar surface area (TPSA) is 123 Å². The first-order valence-electron chi connectivity index (χ1n) is 10.1. The number of hydrogen-bond acceptors (Lipinski definition) is 8. The van der Waals surface area contributed by atoms with E-state index in [1.54, 1.807) is 13.3 Å². The van der Waals surface area contributed by atoms with Crippen molar-refractivity contribution < 1.29 is 42.1 Å². The monoisotopic (exact) mass is 464 g/mol. The van der Waals surface area contributed by atoms with Gasteiger partial charge < -0.3 is 29.5 Å². The minimum Gasteiger partial charge on any atom is -0.475 e. The molecule has 0 spiro atoms. The molecule has 32 heavy (non-hydrogen) atoms. The van der Waals surface area contributed by atoms with Crippen LogP contribution in [0.5, 0.6) is 0 Å². The summed E-state index contributed by atoms with van der Waals surface area (Å²) in [5.74, 6) is -1.23. The smallest absolute Gasteiger partial charge is 0.475 e. The van der Waals surface area contributed by atoms with Gasteiger partial charge in [0.15, 0.2) is 5.82 Å². The van der Waals surface area contributed by atoms with Crippen molar-refractivity contribution in [1.82, 2.24) is 14.9 Å². The number of carbonyl (C=O) groups excluding carboxylic acids is 1. The highest BCUT2D eigenvalue weighted by Crippen LogP contribution is 2.27. The Labute approximate surface area is 183 Å². The van der Waals surface area contributed by atoms with Crippen molar-refractivity contribution in [2.75, 3.05) is 58.6 Å². The maximum atomic E-state index is 13.0. The Kier molecular flexibility index (Phi) is 10.1. The van der Waals surface area contributed by atoms with Crippen LogP contribution in [0.25, 0.3) is 0 Å². The van der Waals surface area contributed by atoms with Gasteiger partial charge in [0.1, 0.15) is 11.9 Å². The molecule has 3 heterocycles. The lowest BCUT2D eigenvalue weighted by Crippen LogP contribution is -2.47. The van der Waals surface area contributed by atoms with E-state index in [1.165, 1.54) is 0 Å². The number of alkyl halides is 3. The number of aromatic nitrogens is 2. The Hall–Kier alpha value is -2.51. The number of amides is 1. The second-order valence-electron chi connectivity index (χ2n) is 7.03. The summed E-state index contributed by atoms with van der Waals surface area (Å²) < 4.78 is 47.7. The van der Waals surface area contributed by atoms with E-state index < -0.39 is 12.1 Å². The Balaban J connectivity index is 0.000000451. The van der Waals surface area contributed by atoms with E-state index >= 15 is 0 Å². The van der Waals surface area contributed by atoms with E-state index in [2.05, 4.69) is 15.3 Å². The lowest BCUT2D eigenvalue weighted by atomic mass is 9.97. The highest BCUT2D eigenvalue weighted by molar-refractivity contribution is 5.79. The largest absolute Gasteiger partial charge is 0.490 e. The van der Waals surface area contributed by atoms with E-state index in [9.17, 15) is 18.0 Å². The summed E-state index contributed by atoms with van der Waals surface area (Å²) in [4.78, 5) is 32.7. The minimum atomic E-state index is -5.08. The highest BCUT2D eigenvalue weighted by Gasteiger charge is 2.38. The first kappa shape index (κ1) is 25.7. The summed E-state index contributed by atoms with van der Waals surface area (Å²) in [6.45, 7) is 4.12. The fourth-order valence-corrected chi connectivity index (χ4v) is 3.17. The van der Waals surface area contributed by atoms with E-state index in [0.717, 1.165) is 18.7 Å². The van der Waals surface area contributed by atoms with Gasteiger partial charge in [0, 0.05) is 45.5 Å². The van der Waals surface area contributed by atoms with Crippen LogP contribution in [0.1, 0.15) is 24.7 Å². The van der Waals surface area contributed by atoms with E-state index in [-0.39, 0.29) is 17.9 Å². The van der Waals surface area contributed by atoms with Crippen LogP contribution in [0.4, 0.5) is 19.0 Å². The van der Waals surface area contributed by atoms with Crippen LogP contribution >= 0.6 is 0 Å². The third-order valence-corrected chi connectivity index (χ3v) is 4.81. The Morgan fingerprint density at radius 3 is 2.59 bits per heavy atom. The molecule has 0 radical (unpaired) electrons. The molecule has 1 aromatic heterocycles. The van der Waals surface area contributed by atoms with Gasteiger partial charge in [0.2, 0.25) is 5.91 Å². The third kappa shape index (κ3) is 7.88. The molecule has 13 heteroatoms. The van der Waals surface area contributed by atoms with Crippen LogP contribution in [0, 0.1) is 5.92 Å². The molecule has 2 aliphatic rings. The SMILES string of the molecule is COCCNc1ccnc(C2COCCN2C(=O)C2CCOCC2)n1.O=C(O)C(F)(F)F. The van der Waals surface area contributed by atoms with Gasteiger partial charge in [-0.1, -0.05) is 0 Å². The molecule has 0 bridgehead atoms. The minimum absolute atomic E-state index is 0.0253. The average Bonchev–Trinajstić information content (AvgIpc) is 2.79. The van der Waals surface area contributed by atoms with Crippen LogP contribution in [0.15, 0.2) is 12.3 Å². The molecule has 1 atom stereocenters. The summed E-state index contributed by atoms with van der Waals surface area (Å²) in [5.41, 5.74) is 0. The molecule has 0 aromatic carbocycles. The number of halogens is 3. The molecule has 0 saturated carbocycles. The predicted molar refractivity (Wildman–Crippen MR) is 105 cm³/mol. The number of nitrogens with one attached hydrogen (secondary N) is 1. The van der Waals surface area contributed by atoms with Gasteiger partial charge in [-0.2, -0.15) is 13.2 Å². The van der Waals surface area contributed by atoms with E-state index in [4.69, 9.17) is 24.1 Å². The molecule has 10 nitrogen and oxygen atoms in total. The summed E-state index contributed by atoms with van der Waals surface area (Å²) in [7, 11) is 1.66. The number of hydrogen-bond donors (Lipinski definition) is 2. The summed E-state index contributed by atoms with van der Waals surface area (Å²) >= 11 is 0. The maximum Gasteiger partial charge on any atom is 0.490 e. The van der Waals surface area contributed by atoms with Gasteiger partial charge >= 0.3 is 12.1 Å². The normalized spacial score (nSPS) is 19.6. The maximum absolute atomic E-state index is 13.0. The predicted octanol–water partition coefficient (Wildman–Crippen LogP) is 1.49. The summed E-state index contributed by atoms with van der Waals surface area (Å²) in [6.07, 6.45) is -1.81. The standard InChI is InChI=1S/C17H26N4O4.C2HF3O2/c1-23-10-6-18-15-2-5-19-16(20-15)14-12-25-11-7-21(14)17(22)13-3-8-24-9-4-13;3-2(4,5)1(6)7/h2,5,13-14H,3-4,6-12H2,1H3,(H,18,19,20);(H,6,7). The number of carbonyl (C=O) groups is 2. The Morgan fingerprint density at radius 1 is 1.28 bits per heavy atom. The van der Waals surface area contributed by atoms with Crippen molar-refractivity contribution in [2.24, 2.45) is 5.92 Å². The number of ether oxygens (including phenoxy) is 3. The zero-order chi connectivity index (χ0) is 23.6. The van der Waals surface area contributed by atoms with Gasteiger partial charge in [-0.15, -0.1) is 0 Å². The van der Waals surface area contributed by atoms with Gasteiger partial charge in [0.25, 0.3) is 0 Å². The van der Waals surface area contributed by atoms with Crippen molar-refractivity contribution in [3.8, 4) is 0 Å². The van der Waals surface area contributed by atoms with Crippen LogP contribution in [0.3, 0.4) is 0 Å².